The summed E-state index contributed by atoms with van der Waals surface area (Å²) >= 11 is 0. The van der Waals surface area contributed by atoms with Crippen molar-refractivity contribution < 1.29 is 55.6 Å². The maximum atomic E-state index is 12.7. The molecule has 2 aliphatic heterocycles. The van der Waals surface area contributed by atoms with Crippen LogP contribution in [0.5, 0.6) is 5.88 Å². The van der Waals surface area contributed by atoms with E-state index in [0.717, 1.165) is 18.5 Å². The minimum atomic E-state index is -5.08. The van der Waals surface area contributed by atoms with E-state index < -0.39 is 41.0 Å². The van der Waals surface area contributed by atoms with Crippen LogP contribution in [0, 0.1) is 5.92 Å². The number of likely N-dealkylation sites (tertiary alicyclic amines) is 1. The minimum absolute atomic E-state index is 0.228. The molecule has 2 aromatic heterocycles. The van der Waals surface area contributed by atoms with E-state index in [4.69, 9.17) is 29.3 Å². The Bertz CT molecular complexity index is 1380. The number of carbonyl (C=O) groups is 2. The van der Waals surface area contributed by atoms with E-state index >= 15 is 0 Å². The van der Waals surface area contributed by atoms with Crippen molar-refractivity contribution in [1.29, 1.82) is 0 Å². The van der Waals surface area contributed by atoms with Gasteiger partial charge in [0.2, 0.25) is 5.88 Å². The fourth-order valence-electron chi connectivity index (χ4n) is 4.15. The summed E-state index contributed by atoms with van der Waals surface area (Å²) in [5.41, 5.74) is -0.538. The molecule has 0 radical (unpaired) electrons. The first-order valence-electron chi connectivity index (χ1n) is 12.4. The van der Waals surface area contributed by atoms with E-state index in [-0.39, 0.29) is 12.5 Å². The van der Waals surface area contributed by atoms with Crippen LogP contribution >= 0.6 is 0 Å². The highest BCUT2D eigenvalue weighted by molar-refractivity contribution is 5.73. The van der Waals surface area contributed by atoms with Gasteiger partial charge in [-0.1, -0.05) is 19.9 Å². The summed E-state index contributed by atoms with van der Waals surface area (Å²) in [6.07, 6.45) is -7.67. The van der Waals surface area contributed by atoms with Crippen molar-refractivity contribution in [3.63, 3.8) is 0 Å². The second-order valence-electron chi connectivity index (χ2n) is 9.90. The van der Waals surface area contributed by atoms with Crippen LogP contribution in [-0.4, -0.2) is 84.5 Å². The number of hydrogen-bond acceptors (Lipinski definition) is 9. The predicted octanol–water partition coefficient (Wildman–Crippen LogP) is 1.91. The highest BCUT2D eigenvalue weighted by atomic mass is 19.4. The van der Waals surface area contributed by atoms with Gasteiger partial charge < -0.3 is 19.7 Å². The van der Waals surface area contributed by atoms with Gasteiger partial charge in [-0.25, -0.2) is 19.3 Å². The monoisotopic (exact) mass is 629 g/mol. The molecule has 13 nitrogen and oxygen atoms in total. The number of methoxy groups -OCH3 is 1. The zero-order valence-corrected chi connectivity index (χ0v) is 23.1. The number of carboxylic acids is 2. The van der Waals surface area contributed by atoms with Crippen LogP contribution in [0.25, 0.3) is 0 Å². The molecule has 0 bridgehead atoms. The molecule has 0 saturated carbocycles. The van der Waals surface area contributed by atoms with Crippen LogP contribution in [0.4, 0.5) is 26.3 Å². The quantitative estimate of drug-likeness (QED) is 0.367. The van der Waals surface area contributed by atoms with Crippen LogP contribution in [0.2, 0.25) is 0 Å². The topological polar surface area (TPSA) is 166 Å². The zero-order chi connectivity index (χ0) is 32.8. The Labute approximate surface area is 239 Å². The zero-order valence-electron chi connectivity index (χ0n) is 23.1. The number of alkyl halides is 6. The van der Waals surface area contributed by atoms with Crippen molar-refractivity contribution in [1.82, 2.24) is 24.2 Å². The second kappa shape index (κ2) is 14.0. The molecule has 0 amide bonds. The number of pyridine rings is 1. The minimum Gasteiger partial charge on any atom is -0.481 e. The Kier molecular flexibility index (Phi) is 11.4. The molecule has 2 N–H and O–H groups in total. The average molecular weight is 630 g/mol. The second-order valence-corrected chi connectivity index (χ2v) is 9.90. The third-order valence-corrected chi connectivity index (χ3v) is 6.02. The molecule has 1 fully saturated rings. The predicted molar refractivity (Wildman–Crippen MR) is 133 cm³/mol. The molecule has 43 heavy (non-hydrogen) atoms. The third-order valence-electron chi connectivity index (χ3n) is 6.02. The lowest BCUT2D eigenvalue weighted by molar-refractivity contribution is -0.193. The molecule has 19 heteroatoms. The van der Waals surface area contributed by atoms with E-state index in [2.05, 4.69) is 15.0 Å². The van der Waals surface area contributed by atoms with Crippen LogP contribution in [0.1, 0.15) is 31.7 Å². The van der Waals surface area contributed by atoms with Crippen LogP contribution in [-0.2, 0) is 40.6 Å². The van der Waals surface area contributed by atoms with Crippen molar-refractivity contribution in [3.05, 3.63) is 50.4 Å². The number of aliphatic carboxylic acids is 2. The lowest BCUT2D eigenvalue weighted by Crippen LogP contribution is -2.53. The molecule has 0 aromatic carbocycles. The first-order chi connectivity index (χ1) is 19.8. The summed E-state index contributed by atoms with van der Waals surface area (Å²) in [4.78, 5) is 49.5. The molecular weight excluding hydrogens is 600 g/mol. The highest BCUT2D eigenvalue weighted by Gasteiger charge is 2.43. The average Bonchev–Trinajstić information content (AvgIpc) is 3.29. The van der Waals surface area contributed by atoms with Crippen molar-refractivity contribution in [2.45, 2.75) is 64.5 Å². The summed E-state index contributed by atoms with van der Waals surface area (Å²) in [5, 5.41) is 18.6. The molecule has 1 unspecified atom stereocenters. The van der Waals surface area contributed by atoms with Crippen LogP contribution in [0.15, 0.2) is 27.9 Å². The lowest BCUT2D eigenvalue weighted by atomic mass is 10.0. The van der Waals surface area contributed by atoms with Crippen LogP contribution in [0.3, 0.4) is 0 Å². The number of nitrogens with zero attached hydrogens (tertiary/aromatic N) is 5. The van der Waals surface area contributed by atoms with E-state index in [0.29, 0.717) is 37.9 Å². The van der Waals surface area contributed by atoms with Crippen molar-refractivity contribution in [3.8, 4) is 5.88 Å². The Morgan fingerprint density at radius 3 is 2.16 bits per heavy atom. The molecule has 4 heterocycles. The van der Waals surface area contributed by atoms with Gasteiger partial charge in [0.05, 0.1) is 13.7 Å². The Morgan fingerprint density at radius 1 is 1.07 bits per heavy atom. The number of rotatable bonds is 5. The van der Waals surface area contributed by atoms with Crippen molar-refractivity contribution in [2.24, 2.45) is 5.92 Å². The molecule has 2 aromatic rings. The number of hydrogen-bond donors (Lipinski definition) is 2. The van der Waals surface area contributed by atoms with Gasteiger partial charge in [0.15, 0.2) is 5.82 Å². The fourth-order valence-corrected chi connectivity index (χ4v) is 4.15. The Balaban J connectivity index is 0.000000384. The number of carboxylic acid groups (broad SMARTS) is 2. The van der Waals surface area contributed by atoms with Crippen molar-refractivity contribution in [2.75, 3.05) is 20.2 Å². The van der Waals surface area contributed by atoms with Crippen molar-refractivity contribution >= 4 is 11.9 Å². The van der Waals surface area contributed by atoms with Gasteiger partial charge in [0.1, 0.15) is 12.2 Å². The maximum absolute atomic E-state index is 12.7. The van der Waals surface area contributed by atoms with Gasteiger partial charge in [0.25, 0.3) is 0 Å². The first-order valence-corrected chi connectivity index (χ1v) is 12.4. The molecule has 1 spiro atoms. The van der Waals surface area contributed by atoms with Gasteiger partial charge in [0, 0.05) is 37.9 Å². The number of halogens is 6. The lowest BCUT2D eigenvalue weighted by Gasteiger charge is -2.35. The Morgan fingerprint density at radius 2 is 1.65 bits per heavy atom. The number of ether oxygens (including phenoxy) is 2. The Hall–Kier alpha value is -4.00. The van der Waals surface area contributed by atoms with E-state index in [1.165, 1.54) is 9.25 Å². The normalized spacial score (nSPS) is 18.3. The molecule has 1 saturated heterocycles. The third kappa shape index (κ3) is 9.77. The van der Waals surface area contributed by atoms with Gasteiger partial charge in [-0.15, -0.1) is 0 Å². The SMILES string of the molecule is COc1ncccc1CN1CCC2(C1)Cn1c(nn(CC(C)C)c(=O)c1=O)CO2.O=C(O)C(F)(F)F.O=C(O)C(F)(F)F. The summed E-state index contributed by atoms with van der Waals surface area (Å²) < 4.78 is 77.8. The van der Waals surface area contributed by atoms with Gasteiger partial charge >= 0.3 is 35.4 Å². The fraction of sp³-hybridized carbons (Fsp3) is 0.583. The van der Waals surface area contributed by atoms with E-state index in [1.54, 1.807) is 13.3 Å². The molecule has 2 aliphatic rings. The number of aromatic nitrogens is 4. The summed E-state index contributed by atoms with van der Waals surface area (Å²) in [5.74, 6) is -4.14. The van der Waals surface area contributed by atoms with E-state index in [9.17, 15) is 35.9 Å². The van der Waals surface area contributed by atoms with Gasteiger partial charge in [-0.2, -0.15) is 31.4 Å². The largest absolute Gasteiger partial charge is 0.490 e. The summed E-state index contributed by atoms with van der Waals surface area (Å²) in [6.45, 7) is 7.18. The molecule has 4 rings (SSSR count). The molecule has 240 valence electrons. The number of fused-ring (bicyclic) bond motifs is 1. The van der Waals surface area contributed by atoms with Gasteiger partial charge in [-0.3, -0.25) is 19.1 Å². The first kappa shape index (κ1) is 35.2. The standard InChI is InChI=1S/C20H27N5O4.2C2HF3O2/c1-14(2)9-25-19(27)18(26)24-13-20(29-11-16(24)22-25)6-8-23(12-20)10-15-5-4-7-21-17(15)28-3;2*3-2(4,5)1(6)7/h4-5,7,14H,6,8-13H2,1-3H3;2*(H,6,7). The highest BCUT2D eigenvalue weighted by Crippen LogP contribution is 2.32. The molecule has 1 atom stereocenters. The molecule has 0 aliphatic carbocycles. The van der Waals surface area contributed by atoms with E-state index in [1.807, 2.05) is 26.0 Å². The smallest absolute Gasteiger partial charge is 0.481 e. The van der Waals surface area contributed by atoms with Crippen LogP contribution < -0.4 is 15.9 Å². The maximum Gasteiger partial charge on any atom is 0.490 e. The van der Waals surface area contributed by atoms with Gasteiger partial charge in [-0.05, 0) is 18.4 Å². The summed E-state index contributed by atoms with van der Waals surface area (Å²) in [6, 6.07) is 3.89. The molecular formula is C24H29F6N5O8. The summed E-state index contributed by atoms with van der Waals surface area (Å²) in [7, 11) is 1.62.